The van der Waals surface area contributed by atoms with Crippen LogP contribution in [-0.4, -0.2) is 41.8 Å². The van der Waals surface area contributed by atoms with E-state index in [2.05, 4.69) is 13.8 Å². The molecule has 0 spiro atoms. The van der Waals surface area contributed by atoms with Crippen LogP contribution in [0, 0.1) is 0 Å². The topological polar surface area (TPSA) is 65.0 Å². The third-order valence-electron chi connectivity index (χ3n) is 4.29. The first-order valence-electron chi connectivity index (χ1n) is 9.10. The van der Waals surface area contributed by atoms with E-state index in [9.17, 15) is 9.90 Å². The third kappa shape index (κ3) is 8.68. The van der Waals surface area contributed by atoms with Crippen molar-refractivity contribution in [3.05, 3.63) is 0 Å². The van der Waals surface area contributed by atoms with Crippen LogP contribution in [0.25, 0.3) is 0 Å². The standard InChI is InChI=1S/C18H34O5/c1-5-7-18-22-16(6-2)12-17(23-18)11-10-15(20)9-8-13(3)21-14(4)19/h13,15-18,20H,5-12H2,1-4H3. The summed E-state index contributed by atoms with van der Waals surface area (Å²) in [5.74, 6) is -0.268. The second-order valence-electron chi connectivity index (χ2n) is 6.61. The van der Waals surface area contributed by atoms with Crippen LogP contribution in [0.2, 0.25) is 0 Å². The normalized spacial score (nSPS) is 27.4. The van der Waals surface area contributed by atoms with Crippen LogP contribution < -0.4 is 0 Å². The lowest BCUT2D eigenvalue weighted by atomic mass is 9.99. The van der Waals surface area contributed by atoms with E-state index in [1.807, 2.05) is 6.92 Å². The average Bonchev–Trinajstić information content (AvgIpc) is 2.50. The molecule has 0 aromatic rings. The molecule has 1 N–H and O–H groups in total. The van der Waals surface area contributed by atoms with Crippen molar-refractivity contribution in [2.45, 2.75) is 110 Å². The number of aliphatic hydroxyl groups excluding tert-OH is 1. The molecule has 0 aromatic heterocycles. The van der Waals surface area contributed by atoms with E-state index < -0.39 is 0 Å². The maximum absolute atomic E-state index is 10.9. The molecule has 5 nitrogen and oxygen atoms in total. The second kappa shape index (κ2) is 11.0. The van der Waals surface area contributed by atoms with Crippen molar-refractivity contribution in [1.29, 1.82) is 0 Å². The molecule has 1 saturated heterocycles. The number of carbonyl (C=O) groups excluding carboxylic acids is 1. The van der Waals surface area contributed by atoms with Gasteiger partial charge in [-0.15, -0.1) is 0 Å². The molecule has 136 valence electrons. The number of aliphatic hydroxyl groups is 1. The number of hydrogen-bond donors (Lipinski definition) is 1. The van der Waals surface area contributed by atoms with E-state index in [0.29, 0.717) is 19.3 Å². The van der Waals surface area contributed by atoms with Crippen molar-refractivity contribution in [1.82, 2.24) is 0 Å². The van der Waals surface area contributed by atoms with Gasteiger partial charge in [-0.1, -0.05) is 20.3 Å². The molecule has 23 heavy (non-hydrogen) atoms. The van der Waals surface area contributed by atoms with E-state index >= 15 is 0 Å². The Kier molecular flexibility index (Phi) is 9.75. The minimum Gasteiger partial charge on any atom is -0.463 e. The Morgan fingerprint density at radius 3 is 2.48 bits per heavy atom. The van der Waals surface area contributed by atoms with Gasteiger partial charge in [-0.2, -0.15) is 0 Å². The summed E-state index contributed by atoms with van der Waals surface area (Å²) in [6.07, 6.45) is 6.62. The van der Waals surface area contributed by atoms with Gasteiger partial charge in [-0.3, -0.25) is 4.79 Å². The number of ether oxygens (including phenoxy) is 3. The fourth-order valence-electron chi connectivity index (χ4n) is 2.98. The van der Waals surface area contributed by atoms with Crippen LogP contribution >= 0.6 is 0 Å². The lowest BCUT2D eigenvalue weighted by molar-refractivity contribution is -0.246. The van der Waals surface area contributed by atoms with Crippen molar-refractivity contribution in [2.24, 2.45) is 0 Å². The number of hydrogen-bond acceptors (Lipinski definition) is 5. The maximum atomic E-state index is 10.9. The zero-order valence-electron chi connectivity index (χ0n) is 15.1. The summed E-state index contributed by atoms with van der Waals surface area (Å²) < 4.78 is 17.0. The molecule has 5 unspecified atom stereocenters. The molecule has 0 aliphatic carbocycles. The van der Waals surface area contributed by atoms with E-state index in [1.54, 1.807) is 0 Å². The molecule has 1 aliphatic rings. The Bertz CT molecular complexity index is 333. The highest BCUT2D eigenvalue weighted by atomic mass is 16.7. The van der Waals surface area contributed by atoms with Crippen LogP contribution in [0.1, 0.15) is 79.1 Å². The first-order valence-corrected chi connectivity index (χ1v) is 9.10. The fourth-order valence-corrected chi connectivity index (χ4v) is 2.98. The van der Waals surface area contributed by atoms with E-state index in [1.165, 1.54) is 6.92 Å². The van der Waals surface area contributed by atoms with Gasteiger partial charge in [-0.25, -0.2) is 0 Å². The SMILES string of the molecule is CCCC1OC(CC)CC(CCC(O)CCC(C)OC(C)=O)O1. The molecule has 0 bridgehead atoms. The summed E-state index contributed by atoms with van der Waals surface area (Å²) in [7, 11) is 0. The molecule has 1 aliphatic heterocycles. The Balaban J connectivity index is 2.27. The molecule has 0 aromatic carbocycles. The molecule has 0 saturated carbocycles. The molecule has 1 heterocycles. The monoisotopic (exact) mass is 330 g/mol. The Hall–Kier alpha value is -0.650. The van der Waals surface area contributed by atoms with Crippen LogP contribution in [0.5, 0.6) is 0 Å². The Morgan fingerprint density at radius 2 is 1.87 bits per heavy atom. The summed E-state index contributed by atoms with van der Waals surface area (Å²) in [6, 6.07) is 0. The highest BCUT2D eigenvalue weighted by Crippen LogP contribution is 2.26. The molecule has 1 rings (SSSR count). The van der Waals surface area contributed by atoms with Crippen LogP contribution in [0.15, 0.2) is 0 Å². The minimum absolute atomic E-state index is 0.0927. The van der Waals surface area contributed by atoms with Gasteiger partial charge >= 0.3 is 5.97 Å². The summed E-state index contributed by atoms with van der Waals surface area (Å²) in [6.45, 7) is 7.54. The second-order valence-corrected chi connectivity index (χ2v) is 6.61. The van der Waals surface area contributed by atoms with E-state index in [0.717, 1.165) is 32.1 Å². The smallest absolute Gasteiger partial charge is 0.302 e. The highest BCUT2D eigenvalue weighted by Gasteiger charge is 2.28. The zero-order valence-corrected chi connectivity index (χ0v) is 15.1. The van der Waals surface area contributed by atoms with Gasteiger partial charge in [0.25, 0.3) is 0 Å². The third-order valence-corrected chi connectivity index (χ3v) is 4.29. The minimum atomic E-state index is -0.371. The van der Waals surface area contributed by atoms with Gasteiger partial charge in [0.05, 0.1) is 24.4 Å². The summed E-state index contributed by atoms with van der Waals surface area (Å²) in [5.41, 5.74) is 0. The summed E-state index contributed by atoms with van der Waals surface area (Å²) in [4.78, 5) is 10.9. The highest BCUT2D eigenvalue weighted by molar-refractivity contribution is 5.66. The average molecular weight is 330 g/mol. The first-order chi connectivity index (χ1) is 10.9. The van der Waals surface area contributed by atoms with Gasteiger partial charge in [-0.05, 0) is 51.9 Å². The number of rotatable bonds is 10. The van der Waals surface area contributed by atoms with Crippen molar-refractivity contribution in [2.75, 3.05) is 0 Å². The molecule has 5 heteroatoms. The predicted molar refractivity (Wildman–Crippen MR) is 89.1 cm³/mol. The van der Waals surface area contributed by atoms with E-state index in [4.69, 9.17) is 14.2 Å². The lowest BCUT2D eigenvalue weighted by Crippen LogP contribution is -2.38. The van der Waals surface area contributed by atoms with Crippen molar-refractivity contribution in [3.63, 3.8) is 0 Å². The number of carbonyl (C=O) groups is 1. The van der Waals surface area contributed by atoms with Crippen LogP contribution in [-0.2, 0) is 19.0 Å². The van der Waals surface area contributed by atoms with Gasteiger partial charge < -0.3 is 19.3 Å². The predicted octanol–water partition coefficient (Wildman–Crippen LogP) is 3.57. The fraction of sp³-hybridized carbons (Fsp3) is 0.944. The van der Waals surface area contributed by atoms with Crippen molar-refractivity contribution < 1.29 is 24.1 Å². The molecular formula is C18H34O5. The van der Waals surface area contributed by atoms with Gasteiger partial charge in [0.15, 0.2) is 6.29 Å². The molecule has 0 amide bonds. The van der Waals surface area contributed by atoms with Crippen molar-refractivity contribution >= 4 is 5.97 Å². The van der Waals surface area contributed by atoms with E-state index in [-0.39, 0.29) is 36.7 Å². The van der Waals surface area contributed by atoms with Crippen LogP contribution in [0.3, 0.4) is 0 Å². The Morgan fingerprint density at radius 1 is 1.17 bits per heavy atom. The van der Waals surface area contributed by atoms with Gasteiger partial charge in [0, 0.05) is 6.92 Å². The molecule has 0 radical (unpaired) electrons. The Labute approximate surface area is 140 Å². The van der Waals surface area contributed by atoms with Gasteiger partial charge in [0.2, 0.25) is 0 Å². The molecule has 5 atom stereocenters. The van der Waals surface area contributed by atoms with Gasteiger partial charge in [0.1, 0.15) is 0 Å². The largest absolute Gasteiger partial charge is 0.463 e. The summed E-state index contributed by atoms with van der Waals surface area (Å²) >= 11 is 0. The molecular weight excluding hydrogens is 296 g/mol. The maximum Gasteiger partial charge on any atom is 0.302 e. The summed E-state index contributed by atoms with van der Waals surface area (Å²) in [5, 5.41) is 10.1. The van der Waals surface area contributed by atoms with Crippen molar-refractivity contribution in [3.8, 4) is 0 Å². The number of esters is 1. The first kappa shape index (κ1) is 20.4. The van der Waals surface area contributed by atoms with Crippen LogP contribution in [0.4, 0.5) is 0 Å². The lowest BCUT2D eigenvalue weighted by Gasteiger charge is -2.36. The quantitative estimate of drug-likeness (QED) is 0.620. The zero-order chi connectivity index (χ0) is 17.2. The molecule has 1 fully saturated rings.